The number of piperidine rings is 1. The van der Waals surface area contributed by atoms with E-state index in [1.54, 1.807) is 18.5 Å². The van der Waals surface area contributed by atoms with Crippen LogP contribution in [0.25, 0.3) is 22.2 Å². The van der Waals surface area contributed by atoms with Crippen LogP contribution in [0.2, 0.25) is 0 Å². The van der Waals surface area contributed by atoms with E-state index in [-0.39, 0.29) is 11.5 Å². The van der Waals surface area contributed by atoms with Gasteiger partial charge in [-0.05, 0) is 66.5 Å². The number of aryl methyl sites for hydroxylation is 1. The Labute approximate surface area is 185 Å². The highest BCUT2D eigenvalue weighted by Crippen LogP contribution is 2.36. The first-order valence-electron chi connectivity index (χ1n) is 10.7. The molecular formula is C24H24N7O. The fraction of sp³-hybridized carbons (Fsp3) is 0.250. The zero-order valence-electron chi connectivity index (χ0n) is 17.8. The maximum atomic E-state index is 12.8. The number of nitrogens with two attached hydrogens (primary N) is 1. The molecule has 3 aromatic heterocycles. The van der Waals surface area contributed by atoms with E-state index in [2.05, 4.69) is 38.6 Å². The van der Waals surface area contributed by atoms with Crippen LogP contribution in [-0.2, 0) is 0 Å². The Morgan fingerprint density at radius 1 is 1.09 bits per heavy atom. The van der Waals surface area contributed by atoms with Gasteiger partial charge in [-0.3, -0.25) is 4.79 Å². The van der Waals surface area contributed by atoms with Gasteiger partial charge < -0.3 is 16.0 Å². The Balaban J connectivity index is 1.66. The van der Waals surface area contributed by atoms with Gasteiger partial charge in [-0.15, -0.1) is 0 Å². The lowest BCUT2D eigenvalue weighted by Crippen LogP contribution is -2.22. The number of hydrogen-bond donors (Lipinski definition) is 3. The summed E-state index contributed by atoms with van der Waals surface area (Å²) in [6.45, 7) is 3.89. The molecule has 8 heteroatoms. The zero-order chi connectivity index (χ0) is 22.1. The van der Waals surface area contributed by atoms with Crippen LogP contribution in [0.5, 0.6) is 0 Å². The number of rotatable bonds is 4. The van der Waals surface area contributed by atoms with E-state index < -0.39 is 0 Å². The largest absolute Gasteiger partial charge is 0.368 e. The number of nitrogens with zero attached hydrogens (tertiary/aromatic N) is 4. The van der Waals surface area contributed by atoms with Gasteiger partial charge in [0.1, 0.15) is 5.82 Å². The van der Waals surface area contributed by atoms with Gasteiger partial charge in [-0.1, -0.05) is 12.1 Å². The molecule has 0 saturated carbocycles. The number of aromatic nitrogens is 4. The summed E-state index contributed by atoms with van der Waals surface area (Å²) in [5.74, 6) is 1.09. The number of pyridine rings is 2. The van der Waals surface area contributed by atoms with Crippen molar-refractivity contribution in [3.05, 3.63) is 70.3 Å². The lowest BCUT2D eigenvalue weighted by atomic mass is 9.86. The summed E-state index contributed by atoms with van der Waals surface area (Å²) in [6, 6.07) is 11.7. The fourth-order valence-electron chi connectivity index (χ4n) is 4.45. The van der Waals surface area contributed by atoms with Gasteiger partial charge in [-0.2, -0.15) is 0 Å². The van der Waals surface area contributed by atoms with E-state index in [4.69, 9.17) is 10.7 Å². The Morgan fingerprint density at radius 3 is 2.75 bits per heavy atom. The van der Waals surface area contributed by atoms with Crippen molar-refractivity contribution in [2.24, 2.45) is 0 Å². The lowest BCUT2D eigenvalue weighted by molar-refractivity contribution is 0.453. The maximum Gasteiger partial charge on any atom is 0.259 e. The topological polar surface area (TPSA) is 124 Å². The molecule has 1 aliphatic rings. The van der Waals surface area contributed by atoms with Crippen molar-refractivity contribution in [2.75, 3.05) is 24.1 Å². The molecule has 5 rings (SSSR count). The van der Waals surface area contributed by atoms with Crippen LogP contribution in [0.15, 0.2) is 53.6 Å². The molecule has 0 bridgehead atoms. The van der Waals surface area contributed by atoms with E-state index in [1.807, 2.05) is 24.3 Å². The molecule has 161 valence electrons. The third-order valence-corrected chi connectivity index (χ3v) is 5.95. The van der Waals surface area contributed by atoms with Crippen molar-refractivity contribution < 1.29 is 0 Å². The third-order valence-electron chi connectivity index (χ3n) is 5.95. The molecule has 4 N–H and O–H groups in total. The lowest BCUT2D eigenvalue weighted by Gasteiger charge is -2.26. The third kappa shape index (κ3) is 3.80. The number of aromatic amines is 1. The van der Waals surface area contributed by atoms with Crippen molar-refractivity contribution in [1.82, 2.24) is 25.3 Å². The molecule has 1 aromatic carbocycles. The normalized spacial score (nSPS) is 14.5. The molecule has 0 aliphatic carbocycles. The molecular weight excluding hydrogens is 402 g/mol. The number of benzene rings is 1. The van der Waals surface area contributed by atoms with Gasteiger partial charge in [-0.25, -0.2) is 20.3 Å². The highest BCUT2D eigenvalue weighted by atomic mass is 16.1. The second kappa shape index (κ2) is 8.39. The molecule has 32 heavy (non-hydrogen) atoms. The molecule has 4 aromatic rings. The minimum atomic E-state index is -0.197. The molecule has 8 nitrogen and oxygen atoms in total. The number of nitrogen functional groups attached to an aromatic ring is 1. The number of anilines is 3. The SMILES string of the molecule is Cc1cccc(Nc2nc(-c3ccnc(N)n3)cc3cc[nH]c(=O)c23)c1C1CC[N]CC1. The number of fused-ring (bicyclic) bond motifs is 1. The van der Waals surface area contributed by atoms with Crippen molar-refractivity contribution in [1.29, 1.82) is 0 Å². The van der Waals surface area contributed by atoms with Crippen LogP contribution in [0.4, 0.5) is 17.5 Å². The van der Waals surface area contributed by atoms with Gasteiger partial charge in [0, 0.05) is 31.2 Å². The summed E-state index contributed by atoms with van der Waals surface area (Å²) >= 11 is 0. The molecule has 0 spiro atoms. The minimum Gasteiger partial charge on any atom is -0.368 e. The van der Waals surface area contributed by atoms with Gasteiger partial charge in [0.05, 0.1) is 16.8 Å². The summed E-state index contributed by atoms with van der Waals surface area (Å²) in [4.78, 5) is 28.6. The van der Waals surface area contributed by atoms with Crippen LogP contribution in [0.1, 0.15) is 29.9 Å². The maximum absolute atomic E-state index is 12.8. The Hall–Kier alpha value is -3.78. The van der Waals surface area contributed by atoms with Gasteiger partial charge in [0.2, 0.25) is 5.95 Å². The fourth-order valence-corrected chi connectivity index (χ4v) is 4.45. The predicted octanol–water partition coefficient (Wildman–Crippen LogP) is 3.50. The van der Waals surface area contributed by atoms with Gasteiger partial charge in [0.15, 0.2) is 0 Å². The molecule has 0 unspecified atom stereocenters. The summed E-state index contributed by atoms with van der Waals surface area (Å²) in [6.07, 6.45) is 5.28. The van der Waals surface area contributed by atoms with Crippen molar-refractivity contribution in [3.8, 4) is 11.4 Å². The van der Waals surface area contributed by atoms with E-state index >= 15 is 0 Å². The molecule has 1 aliphatic heterocycles. The van der Waals surface area contributed by atoms with Crippen LogP contribution in [0, 0.1) is 6.92 Å². The summed E-state index contributed by atoms with van der Waals surface area (Å²) < 4.78 is 0. The smallest absolute Gasteiger partial charge is 0.259 e. The van der Waals surface area contributed by atoms with E-state index in [0.29, 0.717) is 28.5 Å². The minimum absolute atomic E-state index is 0.175. The summed E-state index contributed by atoms with van der Waals surface area (Å²) in [5.41, 5.74) is 10.3. The molecule has 1 saturated heterocycles. The number of nitrogens with one attached hydrogen (secondary N) is 2. The van der Waals surface area contributed by atoms with Crippen molar-refractivity contribution in [2.45, 2.75) is 25.7 Å². The highest BCUT2D eigenvalue weighted by Gasteiger charge is 2.22. The predicted molar refractivity (Wildman–Crippen MR) is 126 cm³/mol. The van der Waals surface area contributed by atoms with E-state index in [1.165, 1.54) is 11.1 Å². The quantitative estimate of drug-likeness (QED) is 0.459. The molecule has 1 radical (unpaired) electrons. The van der Waals surface area contributed by atoms with Gasteiger partial charge >= 0.3 is 0 Å². The second-order valence-corrected chi connectivity index (χ2v) is 8.03. The molecule has 0 amide bonds. The van der Waals surface area contributed by atoms with Crippen molar-refractivity contribution >= 4 is 28.2 Å². The van der Waals surface area contributed by atoms with Crippen molar-refractivity contribution in [3.63, 3.8) is 0 Å². The second-order valence-electron chi connectivity index (χ2n) is 8.03. The number of H-pyrrole nitrogens is 1. The summed E-state index contributed by atoms with van der Waals surface area (Å²) in [5, 5.41) is 9.26. The standard InChI is InChI=1S/C24H24N7O/c1-14-3-2-4-18(20(14)15-5-9-26-10-6-15)29-22-21-16(7-11-27-23(21)32)13-19(30-22)17-8-12-28-24(25)31-17/h2-4,7-8,11-13,15H,5-6,9-10H2,1H3,(H,27,32)(H,29,30)(H2,25,28,31). The average Bonchev–Trinajstić information content (AvgIpc) is 2.80. The average molecular weight is 427 g/mol. The monoisotopic (exact) mass is 426 g/mol. The van der Waals surface area contributed by atoms with Gasteiger partial charge in [0.25, 0.3) is 5.56 Å². The molecule has 4 heterocycles. The first kappa shape index (κ1) is 20.1. The first-order chi connectivity index (χ1) is 15.6. The first-order valence-corrected chi connectivity index (χ1v) is 10.7. The van der Waals surface area contributed by atoms with Crippen LogP contribution >= 0.6 is 0 Å². The van der Waals surface area contributed by atoms with Crippen LogP contribution in [0.3, 0.4) is 0 Å². The van der Waals surface area contributed by atoms with E-state index in [0.717, 1.165) is 37.0 Å². The highest BCUT2D eigenvalue weighted by molar-refractivity contribution is 5.95. The van der Waals surface area contributed by atoms with Crippen LogP contribution < -0.4 is 21.9 Å². The molecule has 1 fully saturated rings. The molecule has 0 atom stereocenters. The Bertz CT molecular complexity index is 1340. The zero-order valence-corrected chi connectivity index (χ0v) is 17.8. The summed E-state index contributed by atoms with van der Waals surface area (Å²) in [7, 11) is 0. The van der Waals surface area contributed by atoms with E-state index in [9.17, 15) is 4.79 Å². The number of hydrogen-bond acceptors (Lipinski definition) is 6. The van der Waals surface area contributed by atoms with Crippen LogP contribution in [-0.4, -0.2) is 33.0 Å². The Morgan fingerprint density at radius 2 is 1.94 bits per heavy atom. The Kier molecular flexibility index (Phi) is 5.28.